The number of halogens is 1. The van der Waals surface area contributed by atoms with E-state index in [-0.39, 0.29) is 36.5 Å². The molecule has 1 aliphatic heterocycles. The fourth-order valence-electron chi connectivity index (χ4n) is 2.96. The van der Waals surface area contributed by atoms with E-state index in [2.05, 4.69) is 29.5 Å². The van der Waals surface area contributed by atoms with Crippen LogP contribution in [0.5, 0.6) is 0 Å². The first-order valence-electron chi connectivity index (χ1n) is 9.01. The molecule has 1 N–H and O–H groups in total. The fraction of sp³-hybridized carbons (Fsp3) is 0.765. The second-order valence-corrected chi connectivity index (χ2v) is 7.04. The highest BCUT2D eigenvalue weighted by Gasteiger charge is 2.35. The van der Waals surface area contributed by atoms with E-state index in [1.165, 1.54) is 10.9 Å². The predicted octanol–water partition coefficient (Wildman–Crippen LogP) is 1.03. The van der Waals surface area contributed by atoms with Crippen molar-refractivity contribution in [1.82, 2.24) is 25.2 Å². The molecule has 146 valence electrons. The molecule has 0 bridgehead atoms. The van der Waals surface area contributed by atoms with Crippen molar-refractivity contribution < 1.29 is 18.7 Å². The fourth-order valence-corrected chi connectivity index (χ4v) is 2.96. The standard InChI is InChI=1S/C17H28FN5O3/c1-12(2)4-5-16(24)23-9-13(18)8-14(23)10-22-11-15(20-21-22)17(25)19-6-7-26-3/h11-14H,4-10H2,1-3H3,(H,19,25)/t13-,14-/m0/s1. The third kappa shape index (κ3) is 5.76. The highest BCUT2D eigenvalue weighted by Crippen LogP contribution is 2.23. The Morgan fingerprint density at radius 2 is 2.23 bits per heavy atom. The second kappa shape index (κ2) is 9.61. The number of aromatic nitrogens is 3. The average molecular weight is 369 g/mol. The smallest absolute Gasteiger partial charge is 0.273 e. The Kier molecular flexibility index (Phi) is 7.50. The van der Waals surface area contributed by atoms with Crippen LogP contribution in [0.2, 0.25) is 0 Å². The zero-order chi connectivity index (χ0) is 19.1. The topological polar surface area (TPSA) is 89.4 Å². The van der Waals surface area contributed by atoms with Crippen LogP contribution >= 0.6 is 0 Å². The van der Waals surface area contributed by atoms with Crippen LogP contribution in [0.3, 0.4) is 0 Å². The molecule has 0 unspecified atom stereocenters. The summed E-state index contributed by atoms with van der Waals surface area (Å²) in [4.78, 5) is 25.9. The predicted molar refractivity (Wildman–Crippen MR) is 93.3 cm³/mol. The molecule has 26 heavy (non-hydrogen) atoms. The maximum absolute atomic E-state index is 13.9. The van der Waals surface area contributed by atoms with E-state index >= 15 is 0 Å². The molecule has 1 aliphatic rings. The van der Waals surface area contributed by atoms with Crippen LogP contribution in [0.25, 0.3) is 0 Å². The maximum atomic E-state index is 13.9. The highest BCUT2D eigenvalue weighted by molar-refractivity contribution is 5.91. The van der Waals surface area contributed by atoms with Crippen molar-refractivity contribution in [2.45, 2.75) is 51.9 Å². The number of methoxy groups -OCH3 is 1. The van der Waals surface area contributed by atoms with Crippen LogP contribution in [0, 0.1) is 5.92 Å². The summed E-state index contributed by atoms with van der Waals surface area (Å²) in [6.07, 6.45) is 1.98. The molecular weight excluding hydrogens is 341 g/mol. The molecule has 1 saturated heterocycles. The first-order chi connectivity index (χ1) is 12.4. The second-order valence-electron chi connectivity index (χ2n) is 7.04. The number of nitrogens with zero attached hydrogens (tertiary/aromatic N) is 4. The van der Waals surface area contributed by atoms with Crippen LogP contribution in [0.4, 0.5) is 4.39 Å². The minimum Gasteiger partial charge on any atom is -0.383 e. The zero-order valence-electron chi connectivity index (χ0n) is 15.7. The van der Waals surface area contributed by atoms with Crippen molar-refractivity contribution in [3.8, 4) is 0 Å². The van der Waals surface area contributed by atoms with E-state index in [9.17, 15) is 14.0 Å². The van der Waals surface area contributed by atoms with Crippen LogP contribution < -0.4 is 5.32 Å². The van der Waals surface area contributed by atoms with Gasteiger partial charge in [0.25, 0.3) is 5.91 Å². The number of hydrogen-bond donors (Lipinski definition) is 1. The summed E-state index contributed by atoms with van der Waals surface area (Å²) in [6, 6.07) is -0.268. The molecule has 2 amide bonds. The number of alkyl halides is 1. The zero-order valence-corrected chi connectivity index (χ0v) is 15.7. The van der Waals surface area contributed by atoms with Crippen molar-refractivity contribution in [3.05, 3.63) is 11.9 Å². The van der Waals surface area contributed by atoms with Gasteiger partial charge in [-0.05, 0) is 12.3 Å². The summed E-state index contributed by atoms with van der Waals surface area (Å²) in [5.74, 6) is 0.0603. The molecule has 0 aliphatic carbocycles. The Morgan fingerprint density at radius 3 is 2.92 bits per heavy atom. The van der Waals surface area contributed by atoms with Crippen molar-refractivity contribution in [1.29, 1.82) is 0 Å². The van der Waals surface area contributed by atoms with Crippen LogP contribution in [0.1, 0.15) is 43.6 Å². The largest absolute Gasteiger partial charge is 0.383 e. The first kappa shape index (κ1) is 20.3. The first-order valence-corrected chi connectivity index (χ1v) is 9.01. The van der Waals surface area contributed by atoms with Gasteiger partial charge in [-0.15, -0.1) is 5.10 Å². The van der Waals surface area contributed by atoms with E-state index in [0.717, 1.165) is 6.42 Å². The molecule has 8 nitrogen and oxygen atoms in total. The third-order valence-electron chi connectivity index (χ3n) is 4.38. The number of carbonyl (C=O) groups excluding carboxylic acids is 2. The Hall–Kier alpha value is -2.03. The normalized spacial score (nSPS) is 20.0. The molecule has 0 saturated carbocycles. The van der Waals surface area contributed by atoms with E-state index < -0.39 is 6.17 Å². The van der Waals surface area contributed by atoms with Gasteiger partial charge in [0.15, 0.2) is 5.69 Å². The van der Waals surface area contributed by atoms with E-state index in [4.69, 9.17) is 4.74 Å². The molecule has 2 heterocycles. The van der Waals surface area contributed by atoms with Gasteiger partial charge in [0.05, 0.1) is 31.9 Å². The minimum atomic E-state index is -1.02. The number of likely N-dealkylation sites (tertiary alicyclic amines) is 1. The number of carbonyl (C=O) groups is 2. The van der Waals surface area contributed by atoms with E-state index in [1.54, 1.807) is 12.0 Å². The molecule has 9 heteroatoms. The van der Waals surface area contributed by atoms with E-state index in [1.807, 2.05) is 0 Å². The summed E-state index contributed by atoms with van der Waals surface area (Å²) < 4.78 is 20.2. The summed E-state index contributed by atoms with van der Waals surface area (Å²) >= 11 is 0. The van der Waals surface area contributed by atoms with Gasteiger partial charge >= 0.3 is 0 Å². The molecule has 2 atom stereocenters. The lowest BCUT2D eigenvalue weighted by Crippen LogP contribution is -2.38. The van der Waals surface area contributed by atoms with Gasteiger partial charge in [-0.1, -0.05) is 19.1 Å². The maximum Gasteiger partial charge on any atom is 0.273 e. The van der Waals surface area contributed by atoms with Gasteiger partial charge in [0.1, 0.15) is 6.17 Å². The highest BCUT2D eigenvalue weighted by atomic mass is 19.1. The van der Waals surface area contributed by atoms with Crippen LogP contribution in [0.15, 0.2) is 6.20 Å². The summed E-state index contributed by atoms with van der Waals surface area (Å²) in [5.41, 5.74) is 0.189. The lowest BCUT2D eigenvalue weighted by Gasteiger charge is -2.24. The average Bonchev–Trinajstić information content (AvgIpc) is 3.20. The van der Waals surface area contributed by atoms with Crippen molar-refractivity contribution >= 4 is 11.8 Å². The Balaban J connectivity index is 1.93. The lowest BCUT2D eigenvalue weighted by atomic mass is 10.1. The molecule has 0 radical (unpaired) electrons. The van der Waals surface area contributed by atoms with Crippen molar-refractivity contribution in [3.63, 3.8) is 0 Å². The number of rotatable bonds is 9. The third-order valence-corrected chi connectivity index (χ3v) is 4.38. The molecule has 2 rings (SSSR count). The number of amides is 2. The summed E-state index contributed by atoms with van der Waals surface area (Å²) in [6.45, 7) is 5.36. The molecule has 1 aromatic heterocycles. The van der Waals surface area contributed by atoms with Crippen LogP contribution in [-0.4, -0.2) is 70.7 Å². The lowest BCUT2D eigenvalue weighted by molar-refractivity contribution is -0.132. The van der Waals surface area contributed by atoms with Gasteiger partial charge in [0.2, 0.25) is 5.91 Å². The quantitative estimate of drug-likeness (QED) is 0.657. The molecular formula is C17H28FN5O3. The SMILES string of the molecule is COCCNC(=O)c1cn(C[C@@H]2C[C@H](F)CN2C(=O)CCC(C)C)nn1. The monoisotopic (exact) mass is 369 g/mol. The van der Waals surface area contributed by atoms with Crippen LogP contribution in [-0.2, 0) is 16.1 Å². The Labute approximate surface area is 153 Å². The van der Waals surface area contributed by atoms with Gasteiger partial charge < -0.3 is 15.0 Å². The van der Waals surface area contributed by atoms with Gasteiger partial charge in [-0.2, -0.15) is 0 Å². The van der Waals surface area contributed by atoms with Crippen molar-refractivity contribution in [2.75, 3.05) is 26.8 Å². The molecule has 1 fully saturated rings. The Bertz CT molecular complexity index is 607. The van der Waals surface area contributed by atoms with Gasteiger partial charge in [-0.25, -0.2) is 9.07 Å². The van der Waals surface area contributed by atoms with E-state index in [0.29, 0.717) is 32.0 Å². The number of nitrogens with one attached hydrogen (secondary N) is 1. The Morgan fingerprint density at radius 1 is 1.46 bits per heavy atom. The van der Waals surface area contributed by atoms with Crippen molar-refractivity contribution in [2.24, 2.45) is 5.92 Å². The molecule has 0 aromatic carbocycles. The number of ether oxygens (including phenoxy) is 1. The molecule has 1 aromatic rings. The summed E-state index contributed by atoms with van der Waals surface area (Å²) in [7, 11) is 1.55. The number of hydrogen-bond acceptors (Lipinski definition) is 5. The molecule has 0 spiro atoms. The van der Waals surface area contributed by atoms with Gasteiger partial charge in [0, 0.05) is 26.5 Å². The summed E-state index contributed by atoms with van der Waals surface area (Å²) in [5, 5.41) is 10.4. The minimum absolute atomic E-state index is 0.0264. The van der Waals surface area contributed by atoms with Gasteiger partial charge in [-0.3, -0.25) is 9.59 Å².